The lowest BCUT2D eigenvalue weighted by molar-refractivity contribution is -0.139. The monoisotopic (exact) mass is 535 g/mol. The highest BCUT2D eigenvalue weighted by molar-refractivity contribution is 7.92. The molecule has 2 rings (SSSR count). The number of amides is 2. The summed E-state index contributed by atoms with van der Waals surface area (Å²) in [7, 11) is -0.964. The number of likely N-dealkylation sites (N-methyl/N-ethyl adjacent to an activating group) is 1. The van der Waals surface area contributed by atoms with Gasteiger partial charge < -0.3 is 15.0 Å². The molecule has 2 aromatic carbocycles. The number of ether oxygens (including phenoxy) is 1. The molecule has 33 heavy (non-hydrogen) atoms. The summed E-state index contributed by atoms with van der Waals surface area (Å²) in [4.78, 5) is 26.9. The Morgan fingerprint density at radius 1 is 1.06 bits per heavy atom. The molecule has 0 aliphatic heterocycles. The van der Waals surface area contributed by atoms with E-state index >= 15 is 0 Å². The SMILES string of the molecule is CNC(=O)[C@@H](C)N(Cc1ccc(OC)cc1)C(=O)CN(c1cc(Cl)c(Cl)cc1Cl)S(C)(=O)=O. The van der Waals surface area contributed by atoms with Crippen molar-refractivity contribution in [2.45, 2.75) is 19.5 Å². The topological polar surface area (TPSA) is 96.0 Å². The van der Waals surface area contributed by atoms with Crippen LogP contribution in [0.3, 0.4) is 0 Å². The number of anilines is 1. The van der Waals surface area contributed by atoms with Crippen LogP contribution in [0.4, 0.5) is 5.69 Å². The normalized spacial score (nSPS) is 12.1. The zero-order valence-electron chi connectivity index (χ0n) is 18.4. The number of sulfonamides is 1. The van der Waals surface area contributed by atoms with Gasteiger partial charge in [0.15, 0.2) is 0 Å². The van der Waals surface area contributed by atoms with Gasteiger partial charge >= 0.3 is 0 Å². The standard InChI is InChI=1S/C21H24Cl3N3O5S/c1-13(21(29)25-2)26(11-14-5-7-15(32-3)8-6-14)20(28)12-27(33(4,30)31)19-10-17(23)16(22)9-18(19)24/h5-10,13H,11-12H2,1-4H3,(H,25,29)/t13-/m1/s1. The summed E-state index contributed by atoms with van der Waals surface area (Å²) in [6.07, 6.45) is 0.940. The molecule has 0 aliphatic carbocycles. The van der Waals surface area contributed by atoms with Crippen molar-refractivity contribution in [1.29, 1.82) is 0 Å². The molecule has 0 saturated carbocycles. The predicted octanol–water partition coefficient (Wildman–Crippen LogP) is 3.58. The first-order valence-electron chi connectivity index (χ1n) is 9.65. The number of methoxy groups -OCH3 is 1. The van der Waals surface area contributed by atoms with E-state index in [1.54, 1.807) is 31.2 Å². The first-order chi connectivity index (χ1) is 15.4. The van der Waals surface area contributed by atoms with Gasteiger partial charge in [0.1, 0.15) is 18.3 Å². The van der Waals surface area contributed by atoms with E-state index in [2.05, 4.69) is 5.32 Å². The Kier molecular flexibility index (Phi) is 9.25. The molecule has 0 fully saturated rings. The number of hydrogen-bond acceptors (Lipinski definition) is 5. The van der Waals surface area contributed by atoms with Gasteiger partial charge in [0.05, 0.1) is 34.1 Å². The van der Waals surface area contributed by atoms with Crippen molar-refractivity contribution in [3.8, 4) is 5.75 Å². The van der Waals surface area contributed by atoms with E-state index in [4.69, 9.17) is 39.5 Å². The number of carbonyl (C=O) groups excluding carboxylic acids is 2. The van der Waals surface area contributed by atoms with Crippen molar-refractivity contribution in [1.82, 2.24) is 10.2 Å². The van der Waals surface area contributed by atoms with Gasteiger partial charge in [0, 0.05) is 13.6 Å². The minimum atomic E-state index is -3.95. The van der Waals surface area contributed by atoms with Gasteiger partial charge in [-0.1, -0.05) is 46.9 Å². The number of benzene rings is 2. The van der Waals surface area contributed by atoms with E-state index in [0.717, 1.165) is 16.1 Å². The Morgan fingerprint density at radius 3 is 2.15 bits per heavy atom. The lowest BCUT2D eigenvalue weighted by atomic mass is 10.1. The molecule has 0 aromatic heterocycles. The molecule has 2 aromatic rings. The van der Waals surface area contributed by atoms with Crippen molar-refractivity contribution in [2.24, 2.45) is 0 Å². The Balaban J connectivity index is 2.43. The van der Waals surface area contributed by atoms with Crippen LogP contribution in [0.5, 0.6) is 5.75 Å². The summed E-state index contributed by atoms with van der Waals surface area (Å²) < 4.78 is 31.1. The van der Waals surface area contributed by atoms with Crippen molar-refractivity contribution in [2.75, 3.05) is 31.3 Å². The molecule has 0 radical (unpaired) electrons. The molecule has 1 atom stereocenters. The van der Waals surface area contributed by atoms with Gasteiger partial charge in [-0.2, -0.15) is 0 Å². The second kappa shape index (κ2) is 11.3. The molecule has 0 spiro atoms. The van der Waals surface area contributed by atoms with Crippen LogP contribution in [-0.2, 0) is 26.2 Å². The highest BCUT2D eigenvalue weighted by atomic mass is 35.5. The van der Waals surface area contributed by atoms with Crippen molar-refractivity contribution < 1.29 is 22.7 Å². The second-order valence-electron chi connectivity index (χ2n) is 7.15. The van der Waals surface area contributed by atoms with Crippen molar-refractivity contribution >= 4 is 62.3 Å². The minimum absolute atomic E-state index is 0.00101. The van der Waals surface area contributed by atoms with Crippen LogP contribution in [0.1, 0.15) is 12.5 Å². The van der Waals surface area contributed by atoms with E-state index < -0.39 is 34.4 Å². The highest BCUT2D eigenvalue weighted by Gasteiger charge is 2.30. The van der Waals surface area contributed by atoms with Gasteiger partial charge in [-0.3, -0.25) is 13.9 Å². The Morgan fingerprint density at radius 2 is 1.64 bits per heavy atom. The summed E-state index contributed by atoms with van der Waals surface area (Å²) in [5.41, 5.74) is 0.720. The summed E-state index contributed by atoms with van der Waals surface area (Å²) in [6.45, 7) is 1.01. The fourth-order valence-corrected chi connectivity index (χ4v) is 4.56. The van der Waals surface area contributed by atoms with Crippen LogP contribution in [0.25, 0.3) is 0 Å². The fraction of sp³-hybridized carbons (Fsp3) is 0.333. The van der Waals surface area contributed by atoms with Gasteiger partial charge in [0.25, 0.3) is 0 Å². The first kappa shape index (κ1) is 27.0. The molecular weight excluding hydrogens is 513 g/mol. The number of halogens is 3. The molecule has 12 heteroatoms. The lowest BCUT2D eigenvalue weighted by Crippen LogP contribution is -2.50. The molecule has 8 nitrogen and oxygen atoms in total. The first-order valence-corrected chi connectivity index (χ1v) is 12.6. The maximum Gasteiger partial charge on any atom is 0.244 e. The summed E-state index contributed by atoms with van der Waals surface area (Å²) >= 11 is 18.2. The number of hydrogen-bond donors (Lipinski definition) is 1. The average Bonchev–Trinajstić information content (AvgIpc) is 2.77. The third kappa shape index (κ3) is 6.89. The number of nitrogens with one attached hydrogen (secondary N) is 1. The Hall–Kier alpha value is -2.20. The fourth-order valence-electron chi connectivity index (χ4n) is 3.02. The molecule has 2 amide bonds. The molecule has 180 valence electrons. The molecular formula is C21H24Cl3N3O5S. The molecule has 0 unspecified atom stereocenters. The van der Waals surface area contributed by atoms with Gasteiger partial charge in [-0.25, -0.2) is 8.42 Å². The third-order valence-electron chi connectivity index (χ3n) is 4.86. The highest BCUT2D eigenvalue weighted by Crippen LogP contribution is 2.35. The molecule has 0 aliphatic rings. The zero-order chi connectivity index (χ0) is 24.9. The summed E-state index contributed by atoms with van der Waals surface area (Å²) in [6, 6.07) is 8.64. The van der Waals surface area contributed by atoms with Gasteiger partial charge in [-0.15, -0.1) is 0 Å². The summed E-state index contributed by atoms with van der Waals surface area (Å²) in [5, 5.41) is 2.72. The second-order valence-corrected chi connectivity index (χ2v) is 10.3. The van der Waals surface area contributed by atoms with Crippen LogP contribution < -0.4 is 14.4 Å². The van der Waals surface area contributed by atoms with Crippen LogP contribution in [-0.4, -0.2) is 58.1 Å². The third-order valence-corrected chi connectivity index (χ3v) is 7.01. The molecule has 1 N–H and O–H groups in total. The van der Waals surface area contributed by atoms with Crippen LogP contribution in [0, 0.1) is 0 Å². The predicted molar refractivity (Wildman–Crippen MR) is 131 cm³/mol. The minimum Gasteiger partial charge on any atom is -0.497 e. The van der Waals surface area contributed by atoms with Crippen LogP contribution in [0.2, 0.25) is 15.1 Å². The Labute approximate surface area is 208 Å². The van der Waals surface area contributed by atoms with Crippen LogP contribution in [0.15, 0.2) is 36.4 Å². The van der Waals surface area contributed by atoms with Gasteiger partial charge in [-0.05, 0) is 36.8 Å². The van der Waals surface area contributed by atoms with E-state index in [0.29, 0.717) is 5.75 Å². The smallest absolute Gasteiger partial charge is 0.244 e. The largest absolute Gasteiger partial charge is 0.497 e. The maximum atomic E-state index is 13.3. The Bertz CT molecular complexity index is 1130. The summed E-state index contributed by atoms with van der Waals surface area (Å²) in [5.74, 6) is -0.390. The maximum absolute atomic E-state index is 13.3. The average molecular weight is 537 g/mol. The van der Waals surface area contributed by atoms with Crippen molar-refractivity contribution in [3.63, 3.8) is 0 Å². The quantitative estimate of drug-likeness (QED) is 0.494. The lowest BCUT2D eigenvalue weighted by Gasteiger charge is -2.31. The number of rotatable bonds is 9. The van der Waals surface area contributed by atoms with Crippen molar-refractivity contribution in [3.05, 3.63) is 57.0 Å². The van der Waals surface area contributed by atoms with E-state index in [-0.39, 0.29) is 27.3 Å². The van der Waals surface area contributed by atoms with E-state index in [1.165, 1.54) is 31.2 Å². The van der Waals surface area contributed by atoms with Crippen LogP contribution >= 0.6 is 34.8 Å². The van der Waals surface area contributed by atoms with Gasteiger partial charge in [0.2, 0.25) is 21.8 Å². The molecule has 0 bridgehead atoms. The molecule has 0 saturated heterocycles. The van der Waals surface area contributed by atoms with E-state index in [1.807, 2.05) is 0 Å². The molecule has 0 heterocycles. The number of carbonyl (C=O) groups is 2. The van der Waals surface area contributed by atoms with E-state index in [9.17, 15) is 18.0 Å². The zero-order valence-corrected chi connectivity index (χ0v) is 21.5. The number of nitrogens with zero attached hydrogens (tertiary/aromatic N) is 2.